The SMILES string of the molecule is CCCCCn1c(C)cc(C)c(CNCC)c1=O. The summed E-state index contributed by atoms with van der Waals surface area (Å²) in [6.45, 7) is 10.7. The fourth-order valence-corrected chi connectivity index (χ4v) is 2.23. The van der Waals surface area contributed by atoms with Crippen LogP contribution in [0.15, 0.2) is 10.9 Å². The topological polar surface area (TPSA) is 34.0 Å². The van der Waals surface area contributed by atoms with Gasteiger partial charge in [-0.2, -0.15) is 0 Å². The first-order valence-corrected chi connectivity index (χ1v) is 7.02. The van der Waals surface area contributed by atoms with Crippen LogP contribution in [-0.2, 0) is 13.1 Å². The molecule has 3 heteroatoms. The lowest BCUT2D eigenvalue weighted by Crippen LogP contribution is -2.30. The largest absolute Gasteiger partial charge is 0.313 e. The third-order valence-electron chi connectivity index (χ3n) is 3.37. The number of aryl methyl sites for hydroxylation is 2. The summed E-state index contributed by atoms with van der Waals surface area (Å²) in [5.41, 5.74) is 3.28. The number of hydrogen-bond donors (Lipinski definition) is 1. The number of unbranched alkanes of at least 4 members (excludes halogenated alkanes) is 2. The van der Waals surface area contributed by atoms with Gasteiger partial charge in [0.25, 0.3) is 5.56 Å². The van der Waals surface area contributed by atoms with E-state index in [0.717, 1.165) is 36.3 Å². The number of aromatic nitrogens is 1. The first-order valence-electron chi connectivity index (χ1n) is 7.02. The van der Waals surface area contributed by atoms with Crippen molar-refractivity contribution < 1.29 is 0 Å². The first-order chi connectivity index (χ1) is 8.61. The van der Waals surface area contributed by atoms with Gasteiger partial charge in [-0.05, 0) is 38.4 Å². The predicted octanol–water partition coefficient (Wildman–Crippen LogP) is 2.76. The monoisotopic (exact) mass is 250 g/mol. The van der Waals surface area contributed by atoms with Gasteiger partial charge in [0, 0.05) is 24.3 Å². The highest BCUT2D eigenvalue weighted by atomic mass is 16.1. The maximum absolute atomic E-state index is 12.4. The van der Waals surface area contributed by atoms with Crippen LogP contribution in [0.4, 0.5) is 0 Å². The van der Waals surface area contributed by atoms with Crippen molar-refractivity contribution in [2.24, 2.45) is 0 Å². The average molecular weight is 250 g/mol. The van der Waals surface area contributed by atoms with Crippen molar-refractivity contribution in [1.82, 2.24) is 9.88 Å². The smallest absolute Gasteiger partial charge is 0.255 e. The van der Waals surface area contributed by atoms with E-state index in [2.05, 4.69) is 25.2 Å². The number of rotatable bonds is 7. The van der Waals surface area contributed by atoms with E-state index in [9.17, 15) is 4.79 Å². The maximum atomic E-state index is 12.4. The summed E-state index contributed by atoms with van der Waals surface area (Å²) >= 11 is 0. The molecule has 0 atom stereocenters. The molecule has 0 saturated carbocycles. The predicted molar refractivity (Wildman–Crippen MR) is 77.1 cm³/mol. The standard InChI is InChI=1S/C15H26N2O/c1-5-7-8-9-17-13(4)10-12(3)14(15(17)18)11-16-6-2/h10,16H,5-9,11H2,1-4H3. The molecule has 0 saturated heterocycles. The third-order valence-corrected chi connectivity index (χ3v) is 3.37. The van der Waals surface area contributed by atoms with E-state index >= 15 is 0 Å². The Morgan fingerprint density at radius 3 is 2.56 bits per heavy atom. The zero-order chi connectivity index (χ0) is 13.5. The molecule has 1 aromatic rings. The van der Waals surface area contributed by atoms with Gasteiger partial charge in [-0.1, -0.05) is 26.7 Å². The molecule has 1 N–H and O–H groups in total. The molecular formula is C15H26N2O. The van der Waals surface area contributed by atoms with Gasteiger partial charge in [0.15, 0.2) is 0 Å². The van der Waals surface area contributed by atoms with Gasteiger partial charge in [-0.15, -0.1) is 0 Å². The molecule has 0 spiro atoms. The van der Waals surface area contributed by atoms with Crippen LogP contribution >= 0.6 is 0 Å². The molecule has 0 bridgehead atoms. The highest BCUT2D eigenvalue weighted by Crippen LogP contribution is 2.08. The van der Waals surface area contributed by atoms with Crippen molar-refractivity contribution >= 4 is 0 Å². The molecule has 3 nitrogen and oxygen atoms in total. The van der Waals surface area contributed by atoms with E-state index in [-0.39, 0.29) is 5.56 Å². The highest BCUT2D eigenvalue weighted by molar-refractivity contribution is 5.26. The molecule has 0 aliphatic carbocycles. The van der Waals surface area contributed by atoms with Gasteiger partial charge in [0.2, 0.25) is 0 Å². The van der Waals surface area contributed by atoms with Crippen LogP contribution in [0.25, 0.3) is 0 Å². The Morgan fingerprint density at radius 1 is 1.22 bits per heavy atom. The summed E-state index contributed by atoms with van der Waals surface area (Å²) < 4.78 is 1.93. The van der Waals surface area contributed by atoms with Crippen molar-refractivity contribution in [3.05, 3.63) is 33.2 Å². The van der Waals surface area contributed by atoms with Crippen molar-refractivity contribution in [1.29, 1.82) is 0 Å². The molecule has 18 heavy (non-hydrogen) atoms. The molecule has 1 heterocycles. The van der Waals surface area contributed by atoms with E-state index in [1.54, 1.807) is 0 Å². The minimum Gasteiger partial charge on any atom is -0.313 e. The van der Waals surface area contributed by atoms with Crippen LogP contribution in [0.3, 0.4) is 0 Å². The first kappa shape index (κ1) is 15.0. The van der Waals surface area contributed by atoms with Crippen LogP contribution < -0.4 is 10.9 Å². The number of nitrogens with zero attached hydrogens (tertiary/aromatic N) is 1. The van der Waals surface area contributed by atoms with Gasteiger partial charge < -0.3 is 9.88 Å². The zero-order valence-electron chi connectivity index (χ0n) is 12.2. The summed E-state index contributed by atoms with van der Waals surface area (Å²) in [5, 5.41) is 3.25. The van der Waals surface area contributed by atoms with E-state index in [0.29, 0.717) is 6.54 Å². The summed E-state index contributed by atoms with van der Waals surface area (Å²) in [6, 6.07) is 2.13. The van der Waals surface area contributed by atoms with Gasteiger partial charge in [-0.25, -0.2) is 0 Å². The van der Waals surface area contributed by atoms with Crippen LogP contribution in [-0.4, -0.2) is 11.1 Å². The lowest BCUT2D eigenvalue weighted by atomic mass is 10.1. The van der Waals surface area contributed by atoms with Gasteiger partial charge in [0.05, 0.1) is 0 Å². The number of hydrogen-bond acceptors (Lipinski definition) is 2. The Labute approximate surface area is 110 Å². The van der Waals surface area contributed by atoms with Gasteiger partial charge in [0.1, 0.15) is 0 Å². The lowest BCUT2D eigenvalue weighted by molar-refractivity contribution is 0.567. The summed E-state index contributed by atoms with van der Waals surface area (Å²) in [7, 11) is 0. The van der Waals surface area contributed by atoms with Gasteiger partial charge >= 0.3 is 0 Å². The molecule has 0 aromatic carbocycles. The molecule has 1 rings (SSSR count). The second-order valence-corrected chi connectivity index (χ2v) is 4.89. The molecule has 0 unspecified atom stereocenters. The fraction of sp³-hybridized carbons (Fsp3) is 0.667. The van der Waals surface area contributed by atoms with Crippen molar-refractivity contribution in [2.45, 2.75) is 60.0 Å². The van der Waals surface area contributed by atoms with Crippen LogP contribution in [0.1, 0.15) is 49.9 Å². The van der Waals surface area contributed by atoms with Crippen molar-refractivity contribution in [2.75, 3.05) is 6.54 Å². The summed E-state index contributed by atoms with van der Waals surface area (Å²) in [6.07, 6.45) is 3.45. The fourth-order valence-electron chi connectivity index (χ4n) is 2.23. The molecule has 0 aliphatic heterocycles. The average Bonchev–Trinajstić information content (AvgIpc) is 2.33. The van der Waals surface area contributed by atoms with E-state index in [1.165, 1.54) is 12.8 Å². The Kier molecular flexibility index (Phi) is 6.13. The second kappa shape index (κ2) is 7.37. The normalized spacial score (nSPS) is 10.9. The van der Waals surface area contributed by atoms with E-state index < -0.39 is 0 Å². The minimum absolute atomic E-state index is 0.185. The lowest BCUT2D eigenvalue weighted by Gasteiger charge is -2.14. The Morgan fingerprint density at radius 2 is 1.94 bits per heavy atom. The molecular weight excluding hydrogens is 224 g/mol. The zero-order valence-corrected chi connectivity index (χ0v) is 12.2. The molecule has 1 aromatic heterocycles. The summed E-state index contributed by atoms with van der Waals surface area (Å²) in [5.74, 6) is 0. The molecule has 0 amide bonds. The molecule has 0 radical (unpaired) electrons. The molecule has 0 fully saturated rings. The Bertz CT molecular complexity index is 435. The number of nitrogens with one attached hydrogen (secondary N) is 1. The van der Waals surface area contributed by atoms with Crippen LogP contribution in [0.2, 0.25) is 0 Å². The quantitative estimate of drug-likeness (QED) is 0.755. The highest BCUT2D eigenvalue weighted by Gasteiger charge is 2.09. The van der Waals surface area contributed by atoms with E-state index in [4.69, 9.17) is 0 Å². The minimum atomic E-state index is 0.185. The summed E-state index contributed by atoms with van der Waals surface area (Å²) in [4.78, 5) is 12.4. The molecule has 0 aliphatic rings. The number of pyridine rings is 1. The van der Waals surface area contributed by atoms with Crippen LogP contribution in [0, 0.1) is 13.8 Å². The maximum Gasteiger partial charge on any atom is 0.255 e. The third kappa shape index (κ3) is 3.70. The van der Waals surface area contributed by atoms with Crippen molar-refractivity contribution in [3.63, 3.8) is 0 Å². The second-order valence-electron chi connectivity index (χ2n) is 4.89. The Hall–Kier alpha value is -1.09. The van der Waals surface area contributed by atoms with Gasteiger partial charge in [-0.3, -0.25) is 4.79 Å². The van der Waals surface area contributed by atoms with Crippen LogP contribution in [0.5, 0.6) is 0 Å². The van der Waals surface area contributed by atoms with Crippen molar-refractivity contribution in [3.8, 4) is 0 Å². The van der Waals surface area contributed by atoms with E-state index in [1.807, 2.05) is 18.4 Å². The molecule has 102 valence electrons. The Balaban J connectivity index is 2.98.